The first-order valence-corrected chi connectivity index (χ1v) is 5.95. The molecule has 0 saturated heterocycles. The molecule has 2 heterocycles. The van der Waals surface area contributed by atoms with E-state index in [-0.39, 0.29) is 16.0 Å². The zero-order chi connectivity index (χ0) is 14.2. The van der Waals surface area contributed by atoms with Gasteiger partial charge in [-0.1, -0.05) is 26.8 Å². The summed E-state index contributed by atoms with van der Waals surface area (Å²) in [7, 11) is 1.72. The topological polar surface area (TPSA) is 73.8 Å². The largest absolute Gasteiger partial charge is 0.320 e. The fourth-order valence-electron chi connectivity index (χ4n) is 2.20. The lowest BCUT2D eigenvalue weighted by Gasteiger charge is -2.17. The molecule has 0 aromatic carbocycles. The van der Waals surface area contributed by atoms with E-state index in [1.165, 1.54) is 0 Å². The summed E-state index contributed by atoms with van der Waals surface area (Å²) in [6.45, 7) is 5.79. The third kappa shape index (κ3) is 2.33. The summed E-state index contributed by atoms with van der Waals surface area (Å²) in [6, 6.07) is 5.28. The van der Waals surface area contributed by atoms with Crippen molar-refractivity contribution >= 4 is 5.69 Å². The van der Waals surface area contributed by atoms with E-state index in [0.717, 1.165) is 0 Å². The summed E-state index contributed by atoms with van der Waals surface area (Å²) >= 11 is 0. The Bertz CT molecular complexity index is 612. The Balaban J connectivity index is 2.74. The van der Waals surface area contributed by atoms with Crippen molar-refractivity contribution in [2.75, 3.05) is 0 Å². The molecular formula is C13H16N4O2. The molecule has 0 N–H and O–H groups in total. The van der Waals surface area contributed by atoms with Gasteiger partial charge in [-0.25, -0.2) is 0 Å². The molecule has 2 aromatic rings. The number of hydrogen-bond donors (Lipinski definition) is 0. The molecule has 0 bridgehead atoms. The predicted octanol–water partition coefficient (Wildman–Crippen LogP) is 2.69. The minimum absolute atomic E-state index is 0.0358. The zero-order valence-corrected chi connectivity index (χ0v) is 11.4. The number of aryl methyl sites for hydroxylation is 1. The van der Waals surface area contributed by atoms with Crippen LogP contribution in [0, 0.1) is 10.1 Å². The number of nitrogens with zero attached hydrogens (tertiary/aromatic N) is 4. The molecule has 0 radical (unpaired) electrons. The molecule has 0 aliphatic heterocycles. The van der Waals surface area contributed by atoms with Crippen LogP contribution in [0.3, 0.4) is 0 Å². The van der Waals surface area contributed by atoms with Crippen LogP contribution in [0.1, 0.15) is 26.5 Å². The Hall–Kier alpha value is -2.24. The highest BCUT2D eigenvalue weighted by Crippen LogP contribution is 2.37. The highest BCUT2D eigenvalue weighted by molar-refractivity contribution is 5.69. The normalized spacial score (nSPS) is 11.6. The number of rotatable bonds is 2. The molecule has 6 nitrogen and oxygen atoms in total. The van der Waals surface area contributed by atoms with Crippen molar-refractivity contribution in [1.29, 1.82) is 0 Å². The Morgan fingerprint density at radius 1 is 1.32 bits per heavy atom. The molecule has 100 valence electrons. The van der Waals surface area contributed by atoms with Crippen molar-refractivity contribution in [3.63, 3.8) is 0 Å². The minimum atomic E-state index is -0.377. The molecule has 0 spiro atoms. The van der Waals surface area contributed by atoms with Crippen molar-refractivity contribution in [1.82, 2.24) is 14.8 Å². The smallest absolute Gasteiger partial charge is 0.264 e. The number of aromatic nitrogens is 3. The van der Waals surface area contributed by atoms with Gasteiger partial charge in [-0.15, -0.1) is 0 Å². The van der Waals surface area contributed by atoms with Crippen molar-refractivity contribution in [3.8, 4) is 11.4 Å². The van der Waals surface area contributed by atoms with Crippen LogP contribution in [-0.4, -0.2) is 19.7 Å². The van der Waals surface area contributed by atoms with Gasteiger partial charge in [0.15, 0.2) is 5.69 Å². The highest BCUT2D eigenvalue weighted by atomic mass is 16.6. The van der Waals surface area contributed by atoms with Gasteiger partial charge in [-0.2, -0.15) is 5.10 Å². The van der Waals surface area contributed by atoms with Gasteiger partial charge < -0.3 is 0 Å². The van der Waals surface area contributed by atoms with Crippen molar-refractivity contribution in [2.45, 2.75) is 26.2 Å². The third-order valence-corrected chi connectivity index (χ3v) is 2.82. The van der Waals surface area contributed by atoms with Gasteiger partial charge in [0.2, 0.25) is 0 Å². The molecule has 0 aliphatic rings. The first kappa shape index (κ1) is 13.2. The summed E-state index contributed by atoms with van der Waals surface area (Å²) in [4.78, 5) is 15.2. The van der Waals surface area contributed by atoms with Crippen molar-refractivity contribution in [3.05, 3.63) is 40.2 Å². The molecular weight excluding hydrogens is 244 g/mol. The first-order chi connectivity index (χ1) is 8.82. The van der Waals surface area contributed by atoms with Gasteiger partial charge in [0.25, 0.3) is 0 Å². The van der Waals surface area contributed by atoms with Gasteiger partial charge in [0.05, 0.1) is 10.6 Å². The molecule has 6 heteroatoms. The van der Waals surface area contributed by atoms with Crippen LogP contribution in [0.5, 0.6) is 0 Å². The number of hydrogen-bond acceptors (Lipinski definition) is 4. The molecule has 0 atom stereocenters. The summed E-state index contributed by atoms with van der Waals surface area (Å²) in [6.07, 6.45) is 1.60. The van der Waals surface area contributed by atoms with Crippen molar-refractivity contribution in [2.24, 2.45) is 7.05 Å². The van der Waals surface area contributed by atoms with Gasteiger partial charge in [0.1, 0.15) is 5.69 Å². The van der Waals surface area contributed by atoms with Crippen LogP contribution >= 0.6 is 0 Å². The third-order valence-electron chi connectivity index (χ3n) is 2.82. The summed E-state index contributed by atoms with van der Waals surface area (Å²) in [5.74, 6) is 0. The van der Waals surface area contributed by atoms with Gasteiger partial charge in [-0.3, -0.25) is 19.8 Å². The average Bonchev–Trinajstić information content (AvgIpc) is 2.68. The van der Waals surface area contributed by atoms with E-state index in [1.54, 1.807) is 36.1 Å². The highest BCUT2D eigenvalue weighted by Gasteiger charge is 2.34. The molecule has 0 amide bonds. The van der Waals surface area contributed by atoms with E-state index in [2.05, 4.69) is 10.1 Å². The maximum absolute atomic E-state index is 11.4. The second-order valence-electron chi connectivity index (χ2n) is 5.39. The van der Waals surface area contributed by atoms with Crippen LogP contribution in [-0.2, 0) is 12.5 Å². The lowest BCUT2D eigenvalue weighted by Crippen LogP contribution is -2.18. The Labute approximate surface area is 111 Å². The van der Waals surface area contributed by atoms with Crippen LogP contribution < -0.4 is 0 Å². The fraction of sp³-hybridized carbons (Fsp3) is 0.385. The second-order valence-corrected chi connectivity index (χ2v) is 5.39. The Morgan fingerprint density at radius 2 is 2.00 bits per heavy atom. The van der Waals surface area contributed by atoms with Crippen molar-refractivity contribution < 1.29 is 4.92 Å². The van der Waals surface area contributed by atoms with E-state index < -0.39 is 0 Å². The van der Waals surface area contributed by atoms with Gasteiger partial charge in [-0.05, 0) is 12.1 Å². The Morgan fingerprint density at radius 3 is 2.47 bits per heavy atom. The van der Waals surface area contributed by atoms with Crippen LogP contribution in [0.25, 0.3) is 11.4 Å². The van der Waals surface area contributed by atoms with E-state index in [9.17, 15) is 10.1 Å². The average molecular weight is 260 g/mol. The standard InChI is InChI=1S/C13H16N4O2/c1-13(2,3)12-11(17(18)19)10(15-16(12)4)9-7-5-6-8-14-9/h5-8H,1-4H3. The first-order valence-electron chi connectivity index (χ1n) is 5.95. The van der Waals surface area contributed by atoms with Gasteiger partial charge >= 0.3 is 5.69 Å². The van der Waals surface area contributed by atoms with Crippen LogP contribution in [0.4, 0.5) is 5.69 Å². The van der Waals surface area contributed by atoms with E-state index in [0.29, 0.717) is 17.1 Å². The SMILES string of the molecule is Cn1nc(-c2ccccn2)c([N+](=O)[O-])c1C(C)(C)C. The minimum Gasteiger partial charge on any atom is -0.264 e. The molecule has 0 saturated carbocycles. The monoisotopic (exact) mass is 260 g/mol. The van der Waals surface area contributed by atoms with Crippen LogP contribution in [0.2, 0.25) is 0 Å². The Kier molecular flexibility index (Phi) is 3.09. The lowest BCUT2D eigenvalue weighted by atomic mass is 9.90. The quantitative estimate of drug-likeness (QED) is 0.614. The predicted molar refractivity (Wildman–Crippen MR) is 71.8 cm³/mol. The molecule has 0 unspecified atom stereocenters. The maximum atomic E-state index is 11.4. The molecule has 0 fully saturated rings. The van der Waals surface area contributed by atoms with E-state index in [1.807, 2.05) is 20.8 Å². The molecule has 2 aromatic heterocycles. The van der Waals surface area contributed by atoms with Crippen LogP contribution in [0.15, 0.2) is 24.4 Å². The summed E-state index contributed by atoms with van der Waals surface area (Å²) in [5.41, 5.74) is 1.10. The fourth-order valence-corrected chi connectivity index (χ4v) is 2.20. The number of pyridine rings is 1. The van der Waals surface area contributed by atoms with Gasteiger partial charge in [0, 0.05) is 18.7 Å². The summed E-state index contributed by atoms with van der Waals surface area (Å²) in [5, 5.41) is 15.7. The summed E-state index contributed by atoms with van der Waals surface area (Å²) < 4.78 is 1.57. The maximum Gasteiger partial charge on any atom is 0.320 e. The molecule has 2 rings (SSSR count). The lowest BCUT2D eigenvalue weighted by molar-refractivity contribution is -0.385. The van der Waals surface area contributed by atoms with E-state index in [4.69, 9.17) is 0 Å². The number of nitro groups is 1. The second kappa shape index (κ2) is 4.46. The zero-order valence-electron chi connectivity index (χ0n) is 11.4. The van der Waals surface area contributed by atoms with E-state index >= 15 is 0 Å². The molecule has 19 heavy (non-hydrogen) atoms. The molecule has 0 aliphatic carbocycles.